The van der Waals surface area contributed by atoms with E-state index in [1.54, 1.807) is 0 Å². The van der Waals surface area contributed by atoms with Crippen LogP contribution in [0.15, 0.2) is 0 Å². The van der Waals surface area contributed by atoms with Gasteiger partial charge in [-0.25, -0.2) is 0 Å². The summed E-state index contributed by atoms with van der Waals surface area (Å²) < 4.78 is 16.6. The van der Waals surface area contributed by atoms with Gasteiger partial charge in [0.2, 0.25) is 0 Å². The second kappa shape index (κ2) is 44.1. The predicted molar refractivity (Wildman–Crippen MR) is 229 cm³/mol. The van der Waals surface area contributed by atoms with E-state index in [1.807, 2.05) is 0 Å². The Morgan fingerprint density at radius 3 is 0.741 bits per heavy atom. The molecule has 0 aliphatic rings. The van der Waals surface area contributed by atoms with Gasteiger partial charge in [-0.15, -0.1) is 0 Å². The SMILES string of the molecule is CCCCCCCCCCCCCCCCCCCCCC(=O)OC[C@@H](COC(=O)CCCCCCCCCCCCCC)OC(=O)CCCCCCC. The summed E-state index contributed by atoms with van der Waals surface area (Å²) in [7, 11) is 0. The van der Waals surface area contributed by atoms with Crippen molar-refractivity contribution in [3.63, 3.8) is 0 Å². The molecule has 54 heavy (non-hydrogen) atoms. The van der Waals surface area contributed by atoms with Crippen LogP contribution < -0.4 is 0 Å². The summed E-state index contributed by atoms with van der Waals surface area (Å²) >= 11 is 0. The zero-order valence-electron chi connectivity index (χ0n) is 36.5. The molecular weight excluding hydrogens is 673 g/mol. The number of esters is 3. The van der Waals surface area contributed by atoms with Gasteiger partial charge in [-0.3, -0.25) is 14.4 Å². The molecule has 1 atom stereocenters. The maximum atomic E-state index is 12.5. The summed E-state index contributed by atoms with van der Waals surface area (Å²) in [6.45, 7) is 6.58. The van der Waals surface area contributed by atoms with Crippen molar-refractivity contribution in [2.45, 2.75) is 277 Å². The predicted octanol–water partition coefficient (Wildman–Crippen LogP) is 15.3. The molecule has 0 heterocycles. The molecule has 6 heteroatoms. The van der Waals surface area contributed by atoms with Crippen LogP contribution in [0.3, 0.4) is 0 Å². The minimum atomic E-state index is -0.756. The summed E-state index contributed by atoms with van der Waals surface area (Å²) in [4.78, 5) is 37.5. The lowest BCUT2D eigenvalue weighted by Crippen LogP contribution is -2.30. The molecule has 0 bridgehead atoms. The molecule has 320 valence electrons. The Hall–Kier alpha value is -1.59. The summed E-state index contributed by atoms with van der Waals surface area (Å²) in [5.41, 5.74) is 0. The van der Waals surface area contributed by atoms with E-state index in [9.17, 15) is 14.4 Å². The lowest BCUT2D eigenvalue weighted by molar-refractivity contribution is -0.167. The first-order chi connectivity index (χ1) is 26.5. The van der Waals surface area contributed by atoms with Crippen molar-refractivity contribution in [1.82, 2.24) is 0 Å². The van der Waals surface area contributed by atoms with Gasteiger partial charge in [-0.1, -0.05) is 233 Å². The first-order valence-corrected chi connectivity index (χ1v) is 24.0. The first-order valence-electron chi connectivity index (χ1n) is 24.0. The quantitative estimate of drug-likeness (QED) is 0.0349. The molecular formula is C48H92O6. The van der Waals surface area contributed by atoms with Crippen LogP contribution in [0.25, 0.3) is 0 Å². The maximum Gasteiger partial charge on any atom is 0.306 e. The van der Waals surface area contributed by atoms with Crippen LogP contribution in [-0.2, 0) is 28.6 Å². The van der Waals surface area contributed by atoms with E-state index in [0.29, 0.717) is 19.3 Å². The van der Waals surface area contributed by atoms with Gasteiger partial charge in [0.1, 0.15) is 13.2 Å². The lowest BCUT2D eigenvalue weighted by Gasteiger charge is -2.18. The van der Waals surface area contributed by atoms with Crippen molar-refractivity contribution in [2.75, 3.05) is 13.2 Å². The molecule has 0 aromatic carbocycles. The fourth-order valence-corrected chi connectivity index (χ4v) is 7.21. The van der Waals surface area contributed by atoms with Crippen molar-refractivity contribution in [3.8, 4) is 0 Å². The molecule has 0 radical (unpaired) electrons. The van der Waals surface area contributed by atoms with E-state index in [1.165, 1.54) is 167 Å². The molecule has 0 aromatic rings. The second-order valence-electron chi connectivity index (χ2n) is 16.4. The Kier molecular flexibility index (Phi) is 42.8. The van der Waals surface area contributed by atoms with Crippen LogP contribution in [0.4, 0.5) is 0 Å². The minimum absolute atomic E-state index is 0.0641. The van der Waals surface area contributed by atoms with E-state index < -0.39 is 6.10 Å². The molecule has 0 saturated heterocycles. The van der Waals surface area contributed by atoms with Gasteiger partial charge in [0.05, 0.1) is 0 Å². The van der Waals surface area contributed by atoms with Crippen molar-refractivity contribution in [1.29, 1.82) is 0 Å². The summed E-state index contributed by atoms with van der Waals surface area (Å²) in [5, 5.41) is 0. The zero-order valence-corrected chi connectivity index (χ0v) is 36.5. The highest BCUT2D eigenvalue weighted by atomic mass is 16.6. The van der Waals surface area contributed by atoms with E-state index in [0.717, 1.165) is 64.2 Å². The summed E-state index contributed by atoms with van der Waals surface area (Å²) in [6, 6.07) is 0. The molecule has 0 N–H and O–H groups in total. The van der Waals surface area contributed by atoms with Crippen LogP contribution in [0, 0.1) is 0 Å². The van der Waals surface area contributed by atoms with Gasteiger partial charge in [0.15, 0.2) is 6.10 Å². The molecule has 6 nitrogen and oxygen atoms in total. The topological polar surface area (TPSA) is 78.9 Å². The van der Waals surface area contributed by atoms with Crippen LogP contribution in [0.2, 0.25) is 0 Å². The van der Waals surface area contributed by atoms with Crippen LogP contribution >= 0.6 is 0 Å². The van der Waals surface area contributed by atoms with Crippen molar-refractivity contribution >= 4 is 17.9 Å². The fourth-order valence-electron chi connectivity index (χ4n) is 7.21. The number of carbonyl (C=O) groups excluding carboxylic acids is 3. The number of unbranched alkanes of at least 4 members (excludes halogenated alkanes) is 33. The third-order valence-electron chi connectivity index (χ3n) is 10.9. The van der Waals surface area contributed by atoms with Crippen molar-refractivity contribution in [2.24, 2.45) is 0 Å². The van der Waals surface area contributed by atoms with Gasteiger partial charge in [0, 0.05) is 19.3 Å². The molecule has 0 spiro atoms. The second-order valence-corrected chi connectivity index (χ2v) is 16.4. The smallest absolute Gasteiger partial charge is 0.306 e. The number of ether oxygens (including phenoxy) is 3. The molecule has 0 fully saturated rings. The maximum absolute atomic E-state index is 12.5. The number of carbonyl (C=O) groups is 3. The molecule has 0 aromatic heterocycles. The first kappa shape index (κ1) is 52.4. The highest BCUT2D eigenvalue weighted by Gasteiger charge is 2.19. The molecule has 0 amide bonds. The minimum Gasteiger partial charge on any atom is -0.462 e. The highest BCUT2D eigenvalue weighted by Crippen LogP contribution is 2.16. The monoisotopic (exact) mass is 765 g/mol. The number of hydrogen-bond acceptors (Lipinski definition) is 6. The van der Waals surface area contributed by atoms with E-state index in [2.05, 4.69) is 20.8 Å². The summed E-state index contributed by atoms with van der Waals surface area (Å²) in [6.07, 6.45) is 45.5. The van der Waals surface area contributed by atoms with Gasteiger partial charge in [-0.2, -0.15) is 0 Å². The van der Waals surface area contributed by atoms with E-state index >= 15 is 0 Å². The van der Waals surface area contributed by atoms with E-state index in [4.69, 9.17) is 14.2 Å². The van der Waals surface area contributed by atoms with Crippen molar-refractivity contribution in [3.05, 3.63) is 0 Å². The van der Waals surface area contributed by atoms with Gasteiger partial charge < -0.3 is 14.2 Å². The Morgan fingerprint density at radius 1 is 0.296 bits per heavy atom. The van der Waals surface area contributed by atoms with Gasteiger partial charge in [0.25, 0.3) is 0 Å². The average Bonchev–Trinajstić information content (AvgIpc) is 3.17. The Morgan fingerprint density at radius 2 is 0.500 bits per heavy atom. The largest absolute Gasteiger partial charge is 0.462 e. The molecule has 0 rings (SSSR count). The van der Waals surface area contributed by atoms with Crippen LogP contribution in [0.5, 0.6) is 0 Å². The van der Waals surface area contributed by atoms with E-state index in [-0.39, 0.29) is 31.1 Å². The van der Waals surface area contributed by atoms with Gasteiger partial charge in [-0.05, 0) is 19.3 Å². The number of hydrogen-bond donors (Lipinski definition) is 0. The third-order valence-corrected chi connectivity index (χ3v) is 10.9. The van der Waals surface area contributed by atoms with Crippen LogP contribution in [0.1, 0.15) is 271 Å². The Labute approximate surface area is 336 Å². The molecule has 0 unspecified atom stereocenters. The molecule has 0 aliphatic heterocycles. The Bertz CT molecular complexity index is 798. The third kappa shape index (κ3) is 41.6. The summed E-state index contributed by atoms with van der Waals surface area (Å²) in [5.74, 6) is -0.864. The lowest BCUT2D eigenvalue weighted by atomic mass is 10.0. The highest BCUT2D eigenvalue weighted by molar-refractivity contribution is 5.71. The van der Waals surface area contributed by atoms with Crippen molar-refractivity contribution < 1.29 is 28.6 Å². The fraction of sp³-hybridized carbons (Fsp3) is 0.938. The average molecular weight is 765 g/mol. The van der Waals surface area contributed by atoms with Crippen LogP contribution in [-0.4, -0.2) is 37.2 Å². The molecule has 0 aliphatic carbocycles. The zero-order chi connectivity index (χ0) is 39.4. The molecule has 0 saturated carbocycles. The number of rotatable bonds is 44. The van der Waals surface area contributed by atoms with Gasteiger partial charge >= 0.3 is 17.9 Å². The normalized spacial score (nSPS) is 11.8. The Balaban J connectivity index is 4.05. The standard InChI is InChI=1S/C48H92O6/c1-4-7-10-13-15-17-19-21-22-23-24-25-26-27-29-31-33-36-38-41-47(50)53-44-45(54-48(51)42-39-34-12-9-6-3)43-52-46(49)40-37-35-32-30-28-20-18-16-14-11-8-5-2/h45H,4-44H2,1-3H3/t45-/m1/s1.